The van der Waals surface area contributed by atoms with Gasteiger partial charge in [0.15, 0.2) is 9.84 Å². The summed E-state index contributed by atoms with van der Waals surface area (Å²) in [6, 6.07) is 6.04. The van der Waals surface area contributed by atoms with Gasteiger partial charge in [-0.2, -0.15) is 0 Å². The zero-order valence-corrected chi connectivity index (χ0v) is 13.0. The molecule has 0 atom stereocenters. The fraction of sp³-hybridized carbons (Fsp3) is 0.462. The molecule has 0 saturated carbocycles. The highest BCUT2D eigenvalue weighted by Gasteiger charge is 2.23. The number of nitrogens with zero attached hydrogens (tertiary/aromatic N) is 1. The van der Waals surface area contributed by atoms with Gasteiger partial charge in [0.2, 0.25) is 5.91 Å². The Balaban J connectivity index is 1.78. The van der Waals surface area contributed by atoms with Gasteiger partial charge in [0, 0.05) is 17.1 Å². The molecule has 21 heavy (non-hydrogen) atoms. The summed E-state index contributed by atoms with van der Waals surface area (Å²) in [4.78, 5) is 18.0. The lowest BCUT2D eigenvalue weighted by atomic mass is 10.4. The molecule has 1 aromatic carbocycles. The summed E-state index contributed by atoms with van der Waals surface area (Å²) in [5.41, 5.74) is 0. The van der Waals surface area contributed by atoms with Gasteiger partial charge >= 0.3 is 0 Å². The first-order valence-electron chi connectivity index (χ1n) is 6.48. The van der Waals surface area contributed by atoms with Crippen LogP contribution < -0.4 is 0 Å². The van der Waals surface area contributed by atoms with Crippen LogP contribution in [0.1, 0.15) is 6.42 Å². The van der Waals surface area contributed by atoms with E-state index in [1.165, 1.54) is 23.9 Å². The Hall–Kier alpha value is -1.12. The monoisotopic (exact) mass is 333 g/mol. The maximum Gasteiger partial charge on any atom is 0.246 e. The van der Waals surface area contributed by atoms with Gasteiger partial charge in [-0.25, -0.2) is 17.9 Å². The molecule has 8 heteroatoms. The molecule has 1 aliphatic rings. The van der Waals surface area contributed by atoms with E-state index < -0.39 is 9.84 Å². The molecule has 0 bridgehead atoms. The topological polar surface area (TPSA) is 63.7 Å². The molecule has 0 aliphatic carbocycles. The van der Waals surface area contributed by atoms with Crippen LogP contribution in [0.2, 0.25) is 0 Å². The van der Waals surface area contributed by atoms with E-state index in [0.29, 0.717) is 5.75 Å². The Bertz CT molecular complexity index is 589. The predicted octanol–water partition coefficient (Wildman–Crippen LogP) is 1.50. The number of sulfone groups is 1. The van der Waals surface area contributed by atoms with E-state index in [4.69, 9.17) is 4.84 Å². The summed E-state index contributed by atoms with van der Waals surface area (Å²) in [5.74, 6) is -0.126. The third kappa shape index (κ3) is 5.29. The number of carbonyl (C=O) groups is 1. The molecule has 5 nitrogen and oxygen atoms in total. The number of halogens is 1. The zero-order chi connectivity index (χ0) is 15.3. The van der Waals surface area contributed by atoms with E-state index in [2.05, 4.69) is 0 Å². The number of rotatable bonds is 4. The molecule has 116 valence electrons. The summed E-state index contributed by atoms with van der Waals surface area (Å²) >= 11 is 1.44. The van der Waals surface area contributed by atoms with E-state index in [1.54, 1.807) is 12.1 Å². The van der Waals surface area contributed by atoms with Gasteiger partial charge < -0.3 is 0 Å². The first kappa shape index (κ1) is 16.3. The number of carbonyl (C=O) groups excluding carboxylic acids is 1. The van der Waals surface area contributed by atoms with E-state index in [9.17, 15) is 17.6 Å². The van der Waals surface area contributed by atoms with Crippen molar-refractivity contribution in [3.05, 3.63) is 30.1 Å². The average molecular weight is 333 g/mol. The number of amides is 1. The highest BCUT2D eigenvalue weighted by Crippen LogP contribution is 2.19. The predicted molar refractivity (Wildman–Crippen MR) is 78.1 cm³/mol. The maximum absolute atomic E-state index is 12.7. The van der Waals surface area contributed by atoms with Crippen molar-refractivity contribution in [2.45, 2.75) is 11.3 Å². The summed E-state index contributed by atoms with van der Waals surface area (Å²) in [6.07, 6.45) is 0.238. The summed E-state index contributed by atoms with van der Waals surface area (Å²) in [6.45, 7) is 0.0849. The average Bonchev–Trinajstić information content (AvgIpc) is 2.62. The SMILES string of the molecule is O=C(CCSc1ccc(F)cc1)N1CCS(=O)(=O)CCO1. The van der Waals surface area contributed by atoms with Crippen LogP contribution in [0.4, 0.5) is 4.39 Å². The Kier molecular flexibility index (Phi) is 5.60. The standard InChI is InChI=1S/C13H16FNO4S2/c14-11-1-3-12(4-2-11)20-8-5-13(16)15-6-9-21(17,18)10-7-19-15/h1-4H,5-10H2. The summed E-state index contributed by atoms with van der Waals surface area (Å²) in [5, 5.41) is 1.13. The van der Waals surface area contributed by atoms with E-state index >= 15 is 0 Å². The van der Waals surface area contributed by atoms with Gasteiger partial charge in [0.05, 0.1) is 24.7 Å². The van der Waals surface area contributed by atoms with Crippen LogP contribution in [0.25, 0.3) is 0 Å². The molecule has 1 fully saturated rings. The molecule has 1 aliphatic heterocycles. The first-order chi connectivity index (χ1) is 9.96. The minimum atomic E-state index is -3.11. The van der Waals surface area contributed by atoms with Gasteiger partial charge in [-0.1, -0.05) is 0 Å². The molecule has 1 aromatic rings. The van der Waals surface area contributed by atoms with Crippen molar-refractivity contribution >= 4 is 27.5 Å². The summed E-state index contributed by atoms with van der Waals surface area (Å²) < 4.78 is 35.6. The molecule has 0 spiro atoms. The van der Waals surface area contributed by atoms with Crippen LogP contribution in [-0.4, -0.2) is 49.8 Å². The fourth-order valence-corrected chi connectivity index (χ4v) is 3.59. The molecule has 1 amide bonds. The van der Waals surface area contributed by atoms with Crippen molar-refractivity contribution in [3.8, 4) is 0 Å². The highest BCUT2D eigenvalue weighted by molar-refractivity contribution is 7.99. The minimum Gasteiger partial charge on any atom is -0.273 e. The van der Waals surface area contributed by atoms with E-state index in [1.807, 2.05) is 0 Å². The molecular formula is C13H16FNO4S2. The molecular weight excluding hydrogens is 317 g/mol. The number of hydrogen-bond acceptors (Lipinski definition) is 5. The van der Waals surface area contributed by atoms with E-state index in [0.717, 1.165) is 9.96 Å². The smallest absolute Gasteiger partial charge is 0.246 e. The lowest BCUT2D eigenvalue weighted by Gasteiger charge is -2.18. The maximum atomic E-state index is 12.7. The van der Waals surface area contributed by atoms with Crippen LogP contribution in [0, 0.1) is 5.82 Å². The van der Waals surface area contributed by atoms with Gasteiger partial charge in [0.25, 0.3) is 0 Å². The van der Waals surface area contributed by atoms with Crippen molar-refractivity contribution in [1.82, 2.24) is 5.06 Å². The van der Waals surface area contributed by atoms with Crippen molar-refractivity contribution in [2.24, 2.45) is 0 Å². The molecule has 0 aromatic heterocycles. The van der Waals surface area contributed by atoms with Gasteiger partial charge in [-0.15, -0.1) is 11.8 Å². The largest absolute Gasteiger partial charge is 0.273 e. The normalized spacial score (nSPS) is 18.2. The number of thioether (sulfide) groups is 1. The Morgan fingerprint density at radius 3 is 2.71 bits per heavy atom. The number of hydroxylamine groups is 2. The van der Waals surface area contributed by atoms with Crippen LogP contribution in [0.3, 0.4) is 0 Å². The van der Waals surface area contributed by atoms with Crippen LogP contribution in [-0.2, 0) is 19.5 Å². The Morgan fingerprint density at radius 1 is 1.29 bits per heavy atom. The highest BCUT2D eigenvalue weighted by atomic mass is 32.2. The molecule has 1 saturated heterocycles. The number of hydrogen-bond donors (Lipinski definition) is 0. The number of benzene rings is 1. The second-order valence-electron chi connectivity index (χ2n) is 4.53. The molecule has 0 radical (unpaired) electrons. The van der Waals surface area contributed by atoms with Crippen molar-refractivity contribution in [1.29, 1.82) is 0 Å². The van der Waals surface area contributed by atoms with Crippen LogP contribution >= 0.6 is 11.8 Å². The van der Waals surface area contributed by atoms with Gasteiger partial charge in [0.1, 0.15) is 5.82 Å². The van der Waals surface area contributed by atoms with Crippen molar-refractivity contribution in [3.63, 3.8) is 0 Å². The zero-order valence-electron chi connectivity index (χ0n) is 11.3. The molecule has 2 rings (SSSR count). The minimum absolute atomic E-state index is 0.0131. The quantitative estimate of drug-likeness (QED) is 0.781. The third-order valence-corrected chi connectivity index (χ3v) is 5.53. The summed E-state index contributed by atoms with van der Waals surface area (Å²) in [7, 11) is -3.11. The third-order valence-electron chi connectivity index (χ3n) is 2.92. The first-order valence-corrected chi connectivity index (χ1v) is 9.29. The van der Waals surface area contributed by atoms with Crippen molar-refractivity contribution in [2.75, 3.05) is 30.4 Å². The Labute approximate surface area is 127 Å². The van der Waals surface area contributed by atoms with Crippen LogP contribution in [0.15, 0.2) is 29.2 Å². The lowest BCUT2D eigenvalue weighted by molar-refractivity contribution is -0.181. The van der Waals surface area contributed by atoms with Gasteiger partial charge in [-0.3, -0.25) is 9.63 Å². The molecule has 1 heterocycles. The molecule has 0 N–H and O–H groups in total. The Morgan fingerprint density at radius 2 is 2.00 bits per heavy atom. The van der Waals surface area contributed by atoms with E-state index in [-0.39, 0.29) is 42.8 Å². The lowest BCUT2D eigenvalue weighted by Crippen LogP contribution is -2.33. The second kappa shape index (κ2) is 7.24. The second-order valence-corrected chi connectivity index (χ2v) is 8.01. The molecule has 0 unspecified atom stereocenters. The fourth-order valence-electron chi connectivity index (χ4n) is 1.77. The van der Waals surface area contributed by atoms with Crippen LogP contribution in [0.5, 0.6) is 0 Å². The van der Waals surface area contributed by atoms with Gasteiger partial charge in [-0.05, 0) is 24.3 Å². The van der Waals surface area contributed by atoms with Crippen molar-refractivity contribution < 1.29 is 22.4 Å².